The second-order valence-electron chi connectivity index (χ2n) is 3.11. The molecule has 4 heteroatoms. The van der Waals surface area contributed by atoms with Gasteiger partial charge in [0.15, 0.2) is 0 Å². The van der Waals surface area contributed by atoms with E-state index in [9.17, 15) is 8.78 Å². The molecule has 0 saturated heterocycles. The molecule has 0 aliphatic carbocycles. The quantitative estimate of drug-likeness (QED) is 0.816. The van der Waals surface area contributed by atoms with Crippen LogP contribution >= 0.6 is 12.4 Å². The second-order valence-corrected chi connectivity index (χ2v) is 3.11. The molecule has 0 heterocycles. The molecular formula is C10H14ClF2N. The van der Waals surface area contributed by atoms with Crippen molar-refractivity contribution in [2.75, 3.05) is 0 Å². The number of rotatable bonds is 2. The zero-order valence-corrected chi connectivity index (χ0v) is 9.00. The van der Waals surface area contributed by atoms with E-state index in [0.717, 1.165) is 0 Å². The fourth-order valence-corrected chi connectivity index (χ4v) is 1.22. The summed E-state index contributed by atoms with van der Waals surface area (Å²) in [5, 5.41) is 0. The van der Waals surface area contributed by atoms with E-state index in [-0.39, 0.29) is 18.0 Å². The maximum Gasteiger partial charge on any atom is 0.133 e. The van der Waals surface area contributed by atoms with Crippen LogP contribution in [0.15, 0.2) is 12.1 Å². The van der Waals surface area contributed by atoms with Crippen molar-refractivity contribution in [1.29, 1.82) is 0 Å². The minimum absolute atomic E-state index is 0. The van der Waals surface area contributed by atoms with Crippen molar-refractivity contribution in [2.24, 2.45) is 5.73 Å². The molecule has 0 amide bonds. The summed E-state index contributed by atoms with van der Waals surface area (Å²) in [5.41, 5.74) is 6.02. The molecule has 0 radical (unpaired) electrons. The van der Waals surface area contributed by atoms with Gasteiger partial charge in [-0.3, -0.25) is 0 Å². The van der Waals surface area contributed by atoms with Crippen molar-refractivity contribution in [3.05, 3.63) is 34.9 Å². The molecule has 1 nitrogen and oxygen atoms in total. The Bertz CT molecular complexity index is 315. The number of nitrogens with two attached hydrogens (primary N) is 1. The Kier molecular flexibility index (Phi) is 5.02. The topological polar surface area (TPSA) is 26.0 Å². The molecular weight excluding hydrogens is 208 g/mol. The number of halogens is 3. The van der Waals surface area contributed by atoms with Crippen molar-refractivity contribution in [3.8, 4) is 0 Å². The predicted molar refractivity (Wildman–Crippen MR) is 55.6 cm³/mol. The molecule has 80 valence electrons. The number of hydrogen-bond donors (Lipinski definition) is 1. The number of hydrogen-bond acceptors (Lipinski definition) is 1. The molecule has 0 fully saturated rings. The first kappa shape index (κ1) is 13.3. The molecule has 1 rings (SSSR count). The first-order valence-electron chi connectivity index (χ1n) is 4.28. The smallest absolute Gasteiger partial charge is 0.133 e. The standard InChI is InChI=1S/C10H13F2N.ClH/c1-3-8(13)9-7(11)5-4-6(2)10(9)12;/h4-5,8H,3,13H2,1-2H3;1H/t8-;/m1./s1. The van der Waals surface area contributed by atoms with Crippen LogP contribution in [0.4, 0.5) is 8.78 Å². The maximum absolute atomic E-state index is 13.4. The van der Waals surface area contributed by atoms with Crippen molar-refractivity contribution in [1.82, 2.24) is 0 Å². The highest BCUT2D eigenvalue weighted by molar-refractivity contribution is 5.85. The third-order valence-corrected chi connectivity index (χ3v) is 2.13. The molecule has 0 saturated carbocycles. The summed E-state index contributed by atoms with van der Waals surface area (Å²) in [6, 6.07) is 2.11. The van der Waals surface area contributed by atoms with Gasteiger partial charge >= 0.3 is 0 Å². The molecule has 0 aromatic heterocycles. The average molecular weight is 222 g/mol. The van der Waals surface area contributed by atoms with Crippen LogP contribution in [0, 0.1) is 18.6 Å². The lowest BCUT2D eigenvalue weighted by molar-refractivity contribution is 0.516. The summed E-state index contributed by atoms with van der Waals surface area (Å²) in [7, 11) is 0. The first-order valence-corrected chi connectivity index (χ1v) is 4.28. The van der Waals surface area contributed by atoms with Crippen molar-refractivity contribution >= 4 is 12.4 Å². The zero-order valence-electron chi connectivity index (χ0n) is 8.18. The Balaban J connectivity index is 0.00000169. The van der Waals surface area contributed by atoms with E-state index in [2.05, 4.69) is 0 Å². The highest BCUT2D eigenvalue weighted by atomic mass is 35.5. The zero-order chi connectivity index (χ0) is 10.0. The lowest BCUT2D eigenvalue weighted by atomic mass is 10.0. The van der Waals surface area contributed by atoms with Crippen LogP contribution in [0.1, 0.15) is 30.5 Å². The van der Waals surface area contributed by atoms with Gasteiger partial charge in [-0.25, -0.2) is 8.78 Å². The van der Waals surface area contributed by atoms with Gasteiger partial charge in [-0.05, 0) is 25.0 Å². The van der Waals surface area contributed by atoms with Crippen LogP contribution in [-0.4, -0.2) is 0 Å². The van der Waals surface area contributed by atoms with E-state index < -0.39 is 17.7 Å². The van der Waals surface area contributed by atoms with Crippen LogP contribution in [-0.2, 0) is 0 Å². The molecule has 1 aromatic carbocycles. The van der Waals surface area contributed by atoms with Crippen molar-refractivity contribution < 1.29 is 8.78 Å². The molecule has 0 bridgehead atoms. The Hall–Kier alpha value is -0.670. The van der Waals surface area contributed by atoms with Crippen LogP contribution in [0.2, 0.25) is 0 Å². The van der Waals surface area contributed by atoms with E-state index in [1.165, 1.54) is 12.1 Å². The van der Waals surface area contributed by atoms with Gasteiger partial charge in [-0.15, -0.1) is 12.4 Å². The van der Waals surface area contributed by atoms with Gasteiger partial charge < -0.3 is 5.73 Å². The van der Waals surface area contributed by atoms with Gasteiger partial charge in [0, 0.05) is 11.6 Å². The van der Waals surface area contributed by atoms with E-state index in [1.807, 2.05) is 0 Å². The molecule has 0 aliphatic rings. The highest BCUT2D eigenvalue weighted by Gasteiger charge is 2.16. The monoisotopic (exact) mass is 221 g/mol. The van der Waals surface area contributed by atoms with Gasteiger partial charge in [-0.1, -0.05) is 13.0 Å². The Morgan fingerprint density at radius 1 is 1.36 bits per heavy atom. The number of benzene rings is 1. The van der Waals surface area contributed by atoms with E-state index in [1.54, 1.807) is 13.8 Å². The van der Waals surface area contributed by atoms with Gasteiger partial charge in [0.25, 0.3) is 0 Å². The Morgan fingerprint density at radius 2 is 1.93 bits per heavy atom. The van der Waals surface area contributed by atoms with Crippen LogP contribution in [0.3, 0.4) is 0 Å². The third-order valence-electron chi connectivity index (χ3n) is 2.13. The summed E-state index contributed by atoms with van der Waals surface area (Å²) >= 11 is 0. The third kappa shape index (κ3) is 2.42. The van der Waals surface area contributed by atoms with E-state index >= 15 is 0 Å². The summed E-state index contributed by atoms with van der Waals surface area (Å²) in [5.74, 6) is -1.08. The minimum Gasteiger partial charge on any atom is -0.324 e. The van der Waals surface area contributed by atoms with E-state index in [0.29, 0.717) is 12.0 Å². The van der Waals surface area contributed by atoms with Crippen molar-refractivity contribution in [3.63, 3.8) is 0 Å². The second kappa shape index (κ2) is 5.27. The van der Waals surface area contributed by atoms with Crippen LogP contribution < -0.4 is 5.73 Å². The summed E-state index contributed by atoms with van der Waals surface area (Å²) < 4.78 is 26.5. The predicted octanol–water partition coefficient (Wildman–Crippen LogP) is 3.10. The van der Waals surface area contributed by atoms with Crippen molar-refractivity contribution in [2.45, 2.75) is 26.3 Å². The molecule has 14 heavy (non-hydrogen) atoms. The molecule has 0 spiro atoms. The van der Waals surface area contributed by atoms with E-state index in [4.69, 9.17) is 5.73 Å². The van der Waals surface area contributed by atoms with Gasteiger partial charge in [0.2, 0.25) is 0 Å². The van der Waals surface area contributed by atoms with Crippen LogP contribution in [0.5, 0.6) is 0 Å². The minimum atomic E-state index is -0.558. The lowest BCUT2D eigenvalue weighted by Crippen LogP contribution is -2.13. The normalized spacial score (nSPS) is 12.1. The number of aryl methyl sites for hydroxylation is 1. The molecule has 2 N–H and O–H groups in total. The van der Waals surface area contributed by atoms with Gasteiger partial charge in [0.05, 0.1) is 0 Å². The largest absolute Gasteiger partial charge is 0.324 e. The SMILES string of the molecule is CC[C@@H](N)c1c(F)ccc(C)c1F.Cl. The fraction of sp³-hybridized carbons (Fsp3) is 0.400. The maximum atomic E-state index is 13.4. The first-order chi connectivity index (χ1) is 6.07. The Morgan fingerprint density at radius 3 is 2.43 bits per heavy atom. The molecule has 0 aliphatic heterocycles. The van der Waals surface area contributed by atoms with Gasteiger partial charge in [-0.2, -0.15) is 0 Å². The Labute approximate surface area is 88.7 Å². The highest BCUT2D eigenvalue weighted by Crippen LogP contribution is 2.23. The fourth-order valence-electron chi connectivity index (χ4n) is 1.22. The van der Waals surface area contributed by atoms with Crippen LogP contribution in [0.25, 0.3) is 0 Å². The lowest BCUT2D eigenvalue weighted by Gasteiger charge is -2.12. The summed E-state index contributed by atoms with van der Waals surface area (Å²) in [6.45, 7) is 3.40. The average Bonchev–Trinajstić information content (AvgIpc) is 2.12. The summed E-state index contributed by atoms with van der Waals surface area (Å²) in [6.07, 6.45) is 0.525. The molecule has 1 atom stereocenters. The molecule has 1 aromatic rings. The summed E-state index contributed by atoms with van der Waals surface area (Å²) in [4.78, 5) is 0. The van der Waals surface area contributed by atoms with Gasteiger partial charge in [0.1, 0.15) is 11.6 Å². The molecule has 0 unspecified atom stereocenters.